The highest BCUT2D eigenvalue weighted by Gasteiger charge is 2.17. The Hall–Kier alpha value is -2.97. The molecule has 1 aromatic carbocycles. The van der Waals surface area contributed by atoms with Crippen LogP contribution in [-0.2, 0) is 16.0 Å². The van der Waals surface area contributed by atoms with Crippen molar-refractivity contribution in [2.75, 3.05) is 31.7 Å². The van der Waals surface area contributed by atoms with Gasteiger partial charge in [0.25, 0.3) is 0 Å². The topological polar surface area (TPSA) is 89.8 Å². The van der Waals surface area contributed by atoms with E-state index in [1.54, 1.807) is 17.5 Å². The van der Waals surface area contributed by atoms with Crippen LogP contribution in [0, 0.1) is 5.92 Å². The highest BCUT2D eigenvalue weighted by Crippen LogP contribution is 2.21. The van der Waals surface area contributed by atoms with Gasteiger partial charge >= 0.3 is 0 Å². The summed E-state index contributed by atoms with van der Waals surface area (Å²) in [5.74, 6) is 2.57. The summed E-state index contributed by atoms with van der Waals surface area (Å²) in [6.45, 7) is 4.81. The second kappa shape index (κ2) is 8.37. The molecule has 2 aromatic heterocycles. The van der Waals surface area contributed by atoms with Crippen LogP contribution in [0.3, 0.4) is 0 Å². The van der Waals surface area contributed by atoms with E-state index in [0.717, 1.165) is 36.8 Å². The Labute approximate surface area is 162 Å². The molecule has 3 heterocycles. The van der Waals surface area contributed by atoms with Crippen LogP contribution in [-0.4, -0.2) is 46.8 Å². The lowest BCUT2D eigenvalue weighted by molar-refractivity contribution is -0.116. The molecule has 146 valence electrons. The largest absolute Gasteiger partial charge is 0.438 e. The van der Waals surface area contributed by atoms with E-state index in [1.165, 1.54) is 0 Å². The van der Waals surface area contributed by atoms with Crippen molar-refractivity contribution in [2.45, 2.75) is 13.3 Å². The van der Waals surface area contributed by atoms with Crippen molar-refractivity contribution in [3.05, 3.63) is 48.2 Å². The van der Waals surface area contributed by atoms with Crippen LogP contribution in [0.4, 0.5) is 5.82 Å². The highest BCUT2D eigenvalue weighted by atomic mass is 16.5. The number of hydrogen-bond donors (Lipinski definition) is 2. The van der Waals surface area contributed by atoms with Crippen molar-refractivity contribution >= 4 is 17.2 Å². The van der Waals surface area contributed by atoms with Gasteiger partial charge in [0.2, 0.25) is 5.88 Å². The van der Waals surface area contributed by atoms with Gasteiger partial charge in [-0.25, -0.2) is 9.50 Å². The summed E-state index contributed by atoms with van der Waals surface area (Å²) in [5, 5.41) is 11.0. The van der Waals surface area contributed by atoms with Crippen LogP contribution in [0.15, 0.2) is 42.6 Å². The molecule has 1 aliphatic rings. The Balaban J connectivity index is 1.38. The quantitative estimate of drug-likeness (QED) is 0.434. The van der Waals surface area contributed by atoms with Gasteiger partial charge in [-0.3, -0.25) is 10.1 Å². The molecule has 1 fully saturated rings. The molecule has 0 bridgehead atoms. The molecule has 3 aromatic rings. The minimum Gasteiger partial charge on any atom is -0.438 e. The van der Waals surface area contributed by atoms with Crippen LogP contribution >= 0.6 is 0 Å². The summed E-state index contributed by atoms with van der Waals surface area (Å²) in [5.41, 5.74) is 1.65. The number of anilines is 1. The summed E-state index contributed by atoms with van der Waals surface area (Å²) >= 11 is 0. The number of carbonyl (C=O) groups is 1. The Morgan fingerprint density at radius 1 is 1.32 bits per heavy atom. The zero-order valence-corrected chi connectivity index (χ0v) is 15.7. The lowest BCUT2D eigenvalue weighted by Crippen LogP contribution is -2.38. The van der Waals surface area contributed by atoms with E-state index in [0.29, 0.717) is 30.6 Å². The van der Waals surface area contributed by atoms with Crippen LogP contribution in [0.1, 0.15) is 12.5 Å². The summed E-state index contributed by atoms with van der Waals surface area (Å²) in [4.78, 5) is 15.8. The molecule has 8 heteroatoms. The van der Waals surface area contributed by atoms with Gasteiger partial charge in [0.15, 0.2) is 5.65 Å². The maximum Gasteiger partial charge on any atom is 0.237 e. The van der Waals surface area contributed by atoms with Crippen molar-refractivity contribution in [1.29, 1.82) is 0 Å². The predicted molar refractivity (Wildman–Crippen MR) is 105 cm³/mol. The molecule has 0 spiro atoms. The average molecular weight is 381 g/mol. The molecule has 0 radical (unpaired) electrons. The van der Waals surface area contributed by atoms with E-state index >= 15 is 0 Å². The maximum absolute atomic E-state index is 11.3. The highest BCUT2D eigenvalue weighted by molar-refractivity contribution is 5.78. The van der Waals surface area contributed by atoms with Gasteiger partial charge in [-0.1, -0.05) is 12.1 Å². The van der Waals surface area contributed by atoms with Gasteiger partial charge in [0.1, 0.15) is 17.4 Å². The predicted octanol–water partition coefficient (Wildman–Crippen LogP) is 2.26. The Bertz CT molecular complexity index is 967. The zero-order valence-electron chi connectivity index (χ0n) is 15.7. The Kier molecular flexibility index (Phi) is 5.50. The molecule has 8 nitrogen and oxygen atoms in total. The molecule has 2 N–H and O–H groups in total. The number of nitrogens with one attached hydrogen (secondary N) is 2. The van der Waals surface area contributed by atoms with E-state index in [-0.39, 0.29) is 5.78 Å². The van der Waals surface area contributed by atoms with Gasteiger partial charge in [-0.2, -0.15) is 0 Å². The second-order valence-electron chi connectivity index (χ2n) is 6.94. The van der Waals surface area contributed by atoms with Gasteiger partial charge in [0, 0.05) is 24.9 Å². The van der Waals surface area contributed by atoms with E-state index in [9.17, 15) is 4.79 Å². The molecule has 0 unspecified atom stereocenters. The van der Waals surface area contributed by atoms with Crippen LogP contribution < -0.4 is 15.4 Å². The molecular weight excluding hydrogens is 358 g/mol. The van der Waals surface area contributed by atoms with Crippen LogP contribution in [0.5, 0.6) is 11.6 Å². The zero-order chi connectivity index (χ0) is 19.3. The van der Waals surface area contributed by atoms with Crippen molar-refractivity contribution in [2.24, 2.45) is 5.92 Å². The van der Waals surface area contributed by atoms with Crippen molar-refractivity contribution in [3.8, 4) is 11.6 Å². The number of hydrogen-bond acceptors (Lipinski definition) is 7. The third-order valence-corrected chi connectivity index (χ3v) is 4.40. The van der Waals surface area contributed by atoms with E-state index in [1.807, 2.05) is 36.5 Å². The number of aromatic nitrogens is 3. The van der Waals surface area contributed by atoms with E-state index < -0.39 is 0 Å². The first kappa shape index (κ1) is 18.4. The summed E-state index contributed by atoms with van der Waals surface area (Å²) in [7, 11) is 0. The van der Waals surface area contributed by atoms with Crippen molar-refractivity contribution in [1.82, 2.24) is 19.9 Å². The normalized spacial score (nSPS) is 14.0. The number of ketones is 1. The van der Waals surface area contributed by atoms with Gasteiger partial charge in [0.05, 0.1) is 26.1 Å². The smallest absolute Gasteiger partial charge is 0.237 e. The fourth-order valence-electron chi connectivity index (χ4n) is 2.96. The monoisotopic (exact) mass is 381 g/mol. The average Bonchev–Trinajstić information content (AvgIpc) is 3.02. The molecule has 0 atom stereocenters. The first-order valence-electron chi connectivity index (χ1n) is 9.31. The minimum absolute atomic E-state index is 0.116. The van der Waals surface area contributed by atoms with E-state index in [2.05, 4.69) is 20.7 Å². The number of nitrogens with zero attached hydrogens (tertiary/aromatic N) is 3. The Morgan fingerprint density at radius 2 is 2.21 bits per heavy atom. The number of ether oxygens (including phenoxy) is 2. The summed E-state index contributed by atoms with van der Waals surface area (Å²) in [6, 6.07) is 11.1. The molecular formula is C20H23N5O3. The number of rotatable bonds is 9. The third-order valence-electron chi connectivity index (χ3n) is 4.40. The lowest BCUT2D eigenvalue weighted by Gasteiger charge is -2.26. The summed E-state index contributed by atoms with van der Waals surface area (Å²) < 4.78 is 12.7. The summed E-state index contributed by atoms with van der Waals surface area (Å²) in [6.07, 6.45) is 2.21. The van der Waals surface area contributed by atoms with Crippen LogP contribution in [0.25, 0.3) is 5.65 Å². The number of carbonyl (C=O) groups excluding carboxylic acids is 1. The standard InChI is InChI=1S/C20H23N5O3/c1-14(26)7-15-3-2-4-17(8-15)28-20-6-5-19-23-18(10-25(19)24-20)22-13-21-9-16-11-27-12-16/h2-6,8,10,16,21-22H,7,9,11-13H2,1H3. The molecule has 1 saturated heterocycles. The van der Waals surface area contributed by atoms with Gasteiger partial charge in [-0.05, 0) is 30.7 Å². The van der Waals surface area contributed by atoms with Crippen molar-refractivity contribution < 1.29 is 14.3 Å². The van der Waals surface area contributed by atoms with E-state index in [4.69, 9.17) is 9.47 Å². The minimum atomic E-state index is 0.116. The van der Waals surface area contributed by atoms with Gasteiger partial charge in [-0.15, -0.1) is 5.10 Å². The lowest BCUT2D eigenvalue weighted by atomic mass is 10.1. The van der Waals surface area contributed by atoms with Gasteiger partial charge < -0.3 is 14.8 Å². The molecule has 1 aliphatic heterocycles. The SMILES string of the molecule is CC(=O)Cc1cccc(Oc2ccc3nc(NCNCC4COC4)cn3n2)c1. The number of Topliss-reactive ketones (excluding diaryl/α,β-unsaturated/α-hetero) is 1. The third kappa shape index (κ3) is 4.65. The molecule has 28 heavy (non-hydrogen) atoms. The number of imidazole rings is 1. The Morgan fingerprint density at radius 3 is 3.00 bits per heavy atom. The number of benzene rings is 1. The number of fused-ring (bicyclic) bond motifs is 1. The first-order chi connectivity index (χ1) is 13.7. The first-order valence-corrected chi connectivity index (χ1v) is 9.31. The fraction of sp³-hybridized carbons (Fsp3) is 0.350. The molecule has 0 aliphatic carbocycles. The maximum atomic E-state index is 11.3. The molecule has 0 amide bonds. The van der Waals surface area contributed by atoms with Crippen LogP contribution in [0.2, 0.25) is 0 Å². The fourth-order valence-corrected chi connectivity index (χ4v) is 2.96. The second-order valence-corrected chi connectivity index (χ2v) is 6.94. The van der Waals surface area contributed by atoms with Crippen molar-refractivity contribution in [3.63, 3.8) is 0 Å². The molecule has 0 saturated carbocycles. The molecule has 4 rings (SSSR count).